The van der Waals surface area contributed by atoms with Gasteiger partial charge < -0.3 is 4.74 Å². The van der Waals surface area contributed by atoms with Crippen molar-refractivity contribution >= 4 is 0 Å². The summed E-state index contributed by atoms with van der Waals surface area (Å²) in [5.41, 5.74) is 2.20. The van der Waals surface area contributed by atoms with Gasteiger partial charge in [0.2, 0.25) is 5.82 Å². The zero-order chi connectivity index (χ0) is 19.4. The van der Waals surface area contributed by atoms with Gasteiger partial charge in [-0.1, -0.05) is 65.3 Å². The molecule has 0 bridgehead atoms. The first-order valence-corrected chi connectivity index (χ1v) is 9.34. The second-order valence-electron chi connectivity index (χ2n) is 8.68. The first-order chi connectivity index (χ1) is 12.1. The molecule has 5 nitrogen and oxygen atoms in total. The number of hydrogen-bond acceptors (Lipinski definition) is 5. The van der Waals surface area contributed by atoms with Gasteiger partial charge in [0, 0.05) is 12.2 Å². The summed E-state index contributed by atoms with van der Waals surface area (Å²) >= 11 is 0. The summed E-state index contributed by atoms with van der Waals surface area (Å²) < 4.78 is 6.28. The number of aromatic nitrogens is 4. The Bertz CT molecular complexity index is 694. The molecule has 0 aliphatic heterocycles. The Morgan fingerprint density at radius 3 is 1.96 bits per heavy atom. The molecule has 0 saturated carbocycles. The van der Waals surface area contributed by atoms with Crippen LogP contribution in [0.1, 0.15) is 66.9 Å². The van der Waals surface area contributed by atoms with Crippen LogP contribution >= 0.6 is 0 Å². The fourth-order valence-corrected chi connectivity index (χ4v) is 2.80. The van der Waals surface area contributed by atoms with Crippen molar-refractivity contribution in [3.05, 3.63) is 36.2 Å². The van der Waals surface area contributed by atoms with Gasteiger partial charge in [-0.05, 0) is 36.7 Å². The third-order valence-electron chi connectivity index (χ3n) is 6.15. The molecule has 1 aromatic carbocycles. The molecule has 1 heterocycles. The van der Waals surface area contributed by atoms with Crippen LogP contribution < -0.4 is 0 Å². The highest BCUT2D eigenvalue weighted by molar-refractivity contribution is 5.54. The van der Waals surface area contributed by atoms with Crippen LogP contribution in [0.5, 0.6) is 0 Å². The fourth-order valence-electron chi connectivity index (χ4n) is 2.80. The van der Waals surface area contributed by atoms with Crippen molar-refractivity contribution in [1.82, 2.24) is 20.4 Å². The molecule has 0 fully saturated rings. The summed E-state index contributed by atoms with van der Waals surface area (Å²) in [5, 5.41) is 15.5. The Labute approximate surface area is 157 Å². The maximum atomic E-state index is 6.28. The van der Waals surface area contributed by atoms with Crippen LogP contribution in [0.4, 0.5) is 0 Å². The van der Waals surface area contributed by atoms with Crippen molar-refractivity contribution in [1.29, 1.82) is 0 Å². The van der Waals surface area contributed by atoms with Crippen molar-refractivity contribution in [3.8, 4) is 11.4 Å². The number of rotatable bonds is 8. The molecule has 0 atom stereocenters. The number of nitrogens with zero attached hydrogens (tertiary/aromatic N) is 4. The molecule has 2 rings (SSSR count). The third-order valence-corrected chi connectivity index (χ3v) is 6.15. The van der Waals surface area contributed by atoms with E-state index in [1.54, 1.807) is 0 Å². The first-order valence-electron chi connectivity index (χ1n) is 9.34. The Hall–Kier alpha value is -1.88. The topological polar surface area (TPSA) is 60.8 Å². The van der Waals surface area contributed by atoms with Crippen LogP contribution in [0.2, 0.25) is 0 Å². The van der Waals surface area contributed by atoms with E-state index in [2.05, 4.69) is 81.0 Å². The molecule has 1 aromatic heterocycles. The van der Waals surface area contributed by atoms with Gasteiger partial charge in [-0.15, -0.1) is 20.4 Å². The van der Waals surface area contributed by atoms with Crippen LogP contribution in [0.25, 0.3) is 11.4 Å². The van der Waals surface area contributed by atoms with Crippen molar-refractivity contribution < 1.29 is 4.74 Å². The van der Waals surface area contributed by atoms with Gasteiger partial charge in [0.1, 0.15) is 0 Å². The number of ether oxygens (including phenoxy) is 1. The first kappa shape index (κ1) is 20.4. The molecule has 0 unspecified atom stereocenters. The van der Waals surface area contributed by atoms with E-state index in [1.807, 2.05) is 12.1 Å². The molecule has 0 amide bonds. The maximum Gasteiger partial charge on any atom is 0.203 e. The molecule has 0 N–H and O–H groups in total. The predicted octanol–water partition coefficient (Wildman–Crippen LogP) is 5.04. The normalized spacial score (nSPS) is 13.0. The van der Waals surface area contributed by atoms with E-state index in [0.29, 0.717) is 11.2 Å². The maximum absolute atomic E-state index is 6.28. The van der Waals surface area contributed by atoms with Crippen LogP contribution in [0.15, 0.2) is 30.6 Å². The van der Waals surface area contributed by atoms with Gasteiger partial charge in [-0.2, -0.15) is 0 Å². The molecule has 142 valence electrons. The highest BCUT2D eigenvalue weighted by Crippen LogP contribution is 2.44. The second kappa shape index (κ2) is 7.78. The molecule has 0 radical (unpaired) electrons. The highest BCUT2D eigenvalue weighted by atomic mass is 16.5. The molecular weight excluding hydrogens is 324 g/mol. The molecule has 5 heteroatoms. The molecule has 2 aromatic rings. The largest absolute Gasteiger partial charge is 0.371 e. The van der Waals surface area contributed by atoms with Gasteiger partial charge >= 0.3 is 0 Å². The van der Waals surface area contributed by atoms with E-state index < -0.39 is 0 Å². The van der Waals surface area contributed by atoms with Crippen molar-refractivity contribution in [2.24, 2.45) is 10.8 Å². The molecule has 0 aliphatic rings. The van der Waals surface area contributed by atoms with Crippen molar-refractivity contribution in [2.75, 3.05) is 6.61 Å². The summed E-state index contributed by atoms with van der Waals surface area (Å²) in [6.07, 6.45) is 3.52. The average molecular weight is 357 g/mol. The molecule has 0 aliphatic carbocycles. The summed E-state index contributed by atoms with van der Waals surface area (Å²) in [6.45, 7) is 16.6. The minimum absolute atomic E-state index is 0.229. The summed E-state index contributed by atoms with van der Waals surface area (Å²) in [5.74, 6) is 0.529. The lowest BCUT2D eigenvalue weighted by atomic mass is 9.65. The molecule has 26 heavy (non-hydrogen) atoms. The Balaban J connectivity index is 2.02. The Morgan fingerprint density at radius 2 is 1.42 bits per heavy atom. The Kier molecular flexibility index (Phi) is 6.12. The molecule has 0 saturated heterocycles. The third kappa shape index (κ3) is 4.64. The van der Waals surface area contributed by atoms with Crippen LogP contribution in [-0.2, 0) is 10.3 Å². The molecular formula is C21H32N4O. The SMILES string of the molecule is CCC(C)(C)C(C)(C)CCOC(C)(C)c1ccc(-c2nncnn2)cc1. The van der Waals surface area contributed by atoms with Crippen LogP contribution in [0, 0.1) is 10.8 Å². The van der Waals surface area contributed by atoms with E-state index in [-0.39, 0.29) is 11.0 Å². The van der Waals surface area contributed by atoms with Gasteiger partial charge in [-0.3, -0.25) is 0 Å². The number of benzene rings is 1. The lowest BCUT2D eigenvalue weighted by Crippen LogP contribution is -2.34. The molecule has 0 spiro atoms. The zero-order valence-electron chi connectivity index (χ0n) is 17.2. The standard InChI is InChI=1S/C21H32N4O/c1-8-19(2,3)20(4,5)13-14-26-21(6,7)17-11-9-16(10-12-17)18-24-22-15-23-25-18/h9-12,15H,8,13-14H2,1-7H3. The van der Waals surface area contributed by atoms with Gasteiger partial charge in [-0.25, -0.2) is 0 Å². The van der Waals surface area contributed by atoms with Gasteiger partial charge in [0.05, 0.1) is 5.60 Å². The second-order valence-corrected chi connectivity index (χ2v) is 8.68. The minimum atomic E-state index is -0.348. The number of hydrogen-bond donors (Lipinski definition) is 0. The Morgan fingerprint density at radius 1 is 0.846 bits per heavy atom. The van der Waals surface area contributed by atoms with Gasteiger partial charge in [0.15, 0.2) is 6.33 Å². The van der Waals surface area contributed by atoms with Crippen molar-refractivity contribution in [3.63, 3.8) is 0 Å². The monoisotopic (exact) mass is 356 g/mol. The van der Waals surface area contributed by atoms with E-state index in [0.717, 1.165) is 30.6 Å². The van der Waals surface area contributed by atoms with E-state index in [4.69, 9.17) is 4.74 Å². The van der Waals surface area contributed by atoms with E-state index in [9.17, 15) is 0 Å². The minimum Gasteiger partial charge on any atom is -0.371 e. The fraction of sp³-hybridized carbons (Fsp3) is 0.619. The quantitative estimate of drug-likeness (QED) is 0.663. The van der Waals surface area contributed by atoms with E-state index in [1.165, 1.54) is 6.33 Å². The van der Waals surface area contributed by atoms with Crippen molar-refractivity contribution in [2.45, 2.75) is 66.9 Å². The lowest BCUT2D eigenvalue weighted by molar-refractivity contribution is -0.0472. The predicted molar refractivity (Wildman–Crippen MR) is 105 cm³/mol. The summed E-state index contributed by atoms with van der Waals surface area (Å²) in [4.78, 5) is 0. The highest BCUT2D eigenvalue weighted by Gasteiger charge is 2.35. The summed E-state index contributed by atoms with van der Waals surface area (Å²) in [7, 11) is 0. The zero-order valence-corrected chi connectivity index (χ0v) is 17.2. The van der Waals surface area contributed by atoms with E-state index >= 15 is 0 Å². The van der Waals surface area contributed by atoms with Crippen LogP contribution in [0.3, 0.4) is 0 Å². The van der Waals surface area contributed by atoms with Gasteiger partial charge in [0.25, 0.3) is 0 Å². The van der Waals surface area contributed by atoms with Crippen LogP contribution in [-0.4, -0.2) is 27.0 Å². The summed E-state index contributed by atoms with van der Waals surface area (Å²) in [6, 6.07) is 8.10. The average Bonchev–Trinajstić information content (AvgIpc) is 2.62. The lowest BCUT2D eigenvalue weighted by Gasteiger charge is -2.42. The smallest absolute Gasteiger partial charge is 0.203 e.